The van der Waals surface area contributed by atoms with E-state index in [4.69, 9.17) is 4.74 Å². The van der Waals surface area contributed by atoms with Crippen molar-refractivity contribution in [2.24, 2.45) is 5.92 Å². The third-order valence-electron chi connectivity index (χ3n) is 3.96. The Kier molecular flexibility index (Phi) is 4.41. The summed E-state index contributed by atoms with van der Waals surface area (Å²) in [5.41, 5.74) is 1.82. The van der Waals surface area contributed by atoms with Gasteiger partial charge in [0.1, 0.15) is 5.75 Å². The van der Waals surface area contributed by atoms with Crippen molar-refractivity contribution < 1.29 is 13.2 Å². The standard InChI is InChI=1S/C16H21N3O3S/c1-3-19-16(8-12(2)18-19)23(20,21)17-10-13-9-14-6-4-5-7-15(14)22-11-13/h4-8,13,17H,3,9-11H2,1-2H3. The lowest BCUT2D eigenvalue weighted by molar-refractivity contribution is 0.223. The molecule has 7 heteroatoms. The molecule has 0 radical (unpaired) electrons. The maximum absolute atomic E-state index is 12.5. The van der Waals surface area contributed by atoms with Gasteiger partial charge in [-0.2, -0.15) is 5.10 Å². The van der Waals surface area contributed by atoms with Gasteiger partial charge in [0.25, 0.3) is 10.0 Å². The van der Waals surface area contributed by atoms with Crippen LogP contribution >= 0.6 is 0 Å². The number of sulfonamides is 1. The first-order chi connectivity index (χ1) is 11.0. The molecule has 1 aromatic heterocycles. The molecule has 0 saturated carbocycles. The highest BCUT2D eigenvalue weighted by molar-refractivity contribution is 7.89. The normalized spacial score (nSPS) is 17.6. The number of fused-ring (bicyclic) bond motifs is 1. The van der Waals surface area contributed by atoms with E-state index >= 15 is 0 Å². The fraction of sp³-hybridized carbons (Fsp3) is 0.438. The molecule has 6 nitrogen and oxygen atoms in total. The van der Waals surface area contributed by atoms with E-state index in [-0.39, 0.29) is 10.9 Å². The minimum absolute atomic E-state index is 0.124. The van der Waals surface area contributed by atoms with E-state index in [1.54, 1.807) is 13.0 Å². The molecule has 0 spiro atoms. The van der Waals surface area contributed by atoms with Gasteiger partial charge in [0.05, 0.1) is 12.3 Å². The second-order valence-electron chi connectivity index (χ2n) is 5.78. The monoisotopic (exact) mass is 335 g/mol. The summed E-state index contributed by atoms with van der Waals surface area (Å²) < 4.78 is 34.9. The van der Waals surface area contributed by atoms with E-state index in [1.165, 1.54) is 4.68 Å². The first-order valence-electron chi connectivity index (χ1n) is 7.74. The average Bonchev–Trinajstić information content (AvgIpc) is 2.95. The molecule has 23 heavy (non-hydrogen) atoms. The summed E-state index contributed by atoms with van der Waals surface area (Å²) in [6.45, 7) is 5.05. The van der Waals surface area contributed by atoms with Gasteiger partial charge in [-0.05, 0) is 38.0 Å². The van der Waals surface area contributed by atoms with E-state index in [0.29, 0.717) is 25.4 Å². The van der Waals surface area contributed by atoms with E-state index < -0.39 is 10.0 Å². The van der Waals surface area contributed by atoms with E-state index in [1.807, 2.05) is 31.2 Å². The van der Waals surface area contributed by atoms with Gasteiger partial charge in [0, 0.05) is 19.0 Å². The predicted octanol–water partition coefficient (Wildman–Crippen LogP) is 1.74. The molecule has 0 amide bonds. The van der Waals surface area contributed by atoms with Crippen molar-refractivity contribution in [3.05, 3.63) is 41.6 Å². The quantitative estimate of drug-likeness (QED) is 0.903. The van der Waals surface area contributed by atoms with Crippen molar-refractivity contribution >= 4 is 10.0 Å². The zero-order valence-electron chi connectivity index (χ0n) is 13.3. The molecular formula is C16H21N3O3S. The second-order valence-corrected chi connectivity index (χ2v) is 7.49. The van der Waals surface area contributed by atoms with Crippen molar-refractivity contribution in [3.8, 4) is 5.75 Å². The van der Waals surface area contributed by atoms with Gasteiger partial charge in [-0.25, -0.2) is 13.1 Å². The Morgan fingerprint density at radius 1 is 1.39 bits per heavy atom. The zero-order valence-corrected chi connectivity index (χ0v) is 14.1. The highest BCUT2D eigenvalue weighted by atomic mass is 32.2. The third-order valence-corrected chi connectivity index (χ3v) is 5.38. The number of nitrogens with one attached hydrogen (secondary N) is 1. The molecule has 1 aromatic carbocycles. The Morgan fingerprint density at radius 3 is 2.96 bits per heavy atom. The van der Waals surface area contributed by atoms with Gasteiger partial charge >= 0.3 is 0 Å². The summed E-state index contributed by atoms with van der Waals surface area (Å²) in [6, 6.07) is 9.47. The van der Waals surface area contributed by atoms with Crippen LogP contribution in [0.1, 0.15) is 18.2 Å². The third kappa shape index (κ3) is 3.40. The van der Waals surface area contributed by atoms with Crippen LogP contribution in [0.15, 0.2) is 35.4 Å². The zero-order chi connectivity index (χ0) is 16.4. The highest BCUT2D eigenvalue weighted by Crippen LogP contribution is 2.26. The first kappa shape index (κ1) is 16.0. The van der Waals surface area contributed by atoms with Gasteiger partial charge in [-0.15, -0.1) is 0 Å². The van der Waals surface area contributed by atoms with Crippen LogP contribution in [0.5, 0.6) is 5.75 Å². The largest absolute Gasteiger partial charge is 0.493 e. The molecule has 1 N–H and O–H groups in total. The first-order valence-corrected chi connectivity index (χ1v) is 9.22. The molecule has 3 rings (SSSR count). The highest BCUT2D eigenvalue weighted by Gasteiger charge is 2.24. The van der Waals surface area contributed by atoms with Crippen LogP contribution in [0, 0.1) is 12.8 Å². The molecule has 0 fully saturated rings. The van der Waals surface area contributed by atoms with Crippen LogP contribution in [-0.2, 0) is 23.0 Å². The molecule has 1 unspecified atom stereocenters. The molecular weight excluding hydrogens is 314 g/mol. The fourth-order valence-electron chi connectivity index (χ4n) is 2.79. The Morgan fingerprint density at radius 2 is 2.17 bits per heavy atom. The van der Waals surface area contributed by atoms with Crippen molar-refractivity contribution in [2.45, 2.75) is 31.8 Å². The lowest BCUT2D eigenvalue weighted by Gasteiger charge is -2.25. The Hall–Kier alpha value is -1.86. The Labute approximate surface area is 136 Å². The minimum atomic E-state index is -3.56. The van der Waals surface area contributed by atoms with Gasteiger partial charge in [0.15, 0.2) is 5.03 Å². The van der Waals surface area contributed by atoms with E-state index in [0.717, 1.165) is 17.7 Å². The summed E-state index contributed by atoms with van der Waals surface area (Å²) in [6.07, 6.45) is 0.810. The molecule has 0 saturated heterocycles. The number of hydrogen-bond acceptors (Lipinski definition) is 4. The van der Waals surface area contributed by atoms with Crippen molar-refractivity contribution in [3.63, 3.8) is 0 Å². The number of aryl methyl sites for hydroxylation is 2. The number of ether oxygens (including phenoxy) is 1. The number of rotatable bonds is 5. The lowest BCUT2D eigenvalue weighted by atomic mass is 9.97. The van der Waals surface area contributed by atoms with Crippen LogP contribution in [0.25, 0.3) is 0 Å². The number of aromatic nitrogens is 2. The van der Waals surface area contributed by atoms with Crippen molar-refractivity contribution in [1.82, 2.24) is 14.5 Å². The SMILES string of the molecule is CCn1nc(C)cc1S(=O)(=O)NCC1COc2ccccc2C1. The maximum atomic E-state index is 12.5. The van der Waals surface area contributed by atoms with Crippen molar-refractivity contribution in [1.29, 1.82) is 0 Å². The van der Waals surface area contributed by atoms with Gasteiger partial charge in [-0.1, -0.05) is 18.2 Å². The average molecular weight is 335 g/mol. The van der Waals surface area contributed by atoms with Gasteiger partial charge in [0.2, 0.25) is 0 Å². The van der Waals surface area contributed by atoms with Crippen LogP contribution < -0.4 is 9.46 Å². The summed E-state index contributed by atoms with van der Waals surface area (Å²) in [4.78, 5) is 0. The second kappa shape index (κ2) is 6.33. The summed E-state index contributed by atoms with van der Waals surface area (Å²) in [5, 5.41) is 4.41. The summed E-state index contributed by atoms with van der Waals surface area (Å²) in [7, 11) is -3.56. The molecule has 0 aliphatic carbocycles. The maximum Gasteiger partial charge on any atom is 0.257 e. The number of nitrogens with zero attached hydrogens (tertiary/aromatic N) is 2. The molecule has 2 heterocycles. The van der Waals surface area contributed by atoms with Crippen LogP contribution in [0.4, 0.5) is 0 Å². The summed E-state index contributed by atoms with van der Waals surface area (Å²) >= 11 is 0. The molecule has 1 aliphatic rings. The number of benzene rings is 1. The van der Waals surface area contributed by atoms with Crippen LogP contribution in [0.3, 0.4) is 0 Å². The Balaban J connectivity index is 1.68. The number of para-hydroxylation sites is 1. The molecule has 1 aliphatic heterocycles. The van der Waals surface area contributed by atoms with Gasteiger partial charge < -0.3 is 4.74 Å². The fourth-order valence-corrected chi connectivity index (χ4v) is 4.16. The lowest BCUT2D eigenvalue weighted by Crippen LogP contribution is -2.35. The van der Waals surface area contributed by atoms with E-state index in [2.05, 4.69) is 9.82 Å². The smallest absolute Gasteiger partial charge is 0.257 e. The van der Waals surface area contributed by atoms with Crippen LogP contribution in [0.2, 0.25) is 0 Å². The molecule has 124 valence electrons. The number of hydrogen-bond donors (Lipinski definition) is 1. The topological polar surface area (TPSA) is 73.2 Å². The molecule has 1 atom stereocenters. The Bertz CT molecular complexity index is 799. The minimum Gasteiger partial charge on any atom is -0.493 e. The molecule has 2 aromatic rings. The summed E-state index contributed by atoms with van der Waals surface area (Å²) in [5.74, 6) is 1.02. The molecule has 0 bridgehead atoms. The van der Waals surface area contributed by atoms with Crippen LogP contribution in [-0.4, -0.2) is 31.3 Å². The van der Waals surface area contributed by atoms with Gasteiger partial charge in [-0.3, -0.25) is 4.68 Å². The van der Waals surface area contributed by atoms with Crippen molar-refractivity contribution in [2.75, 3.05) is 13.2 Å². The predicted molar refractivity (Wildman–Crippen MR) is 87.0 cm³/mol. The van der Waals surface area contributed by atoms with E-state index in [9.17, 15) is 8.42 Å².